The maximum atomic E-state index is 11.8. The predicted octanol–water partition coefficient (Wildman–Crippen LogP) is 6.38. The number of hydrogen-bond donors (Lipinski definition) is 1. The molecule has 7 nitrogen and oxygen atoms in total. The Morgan fingerprint density at radius 3 is 2.62 bits per heavy atom. The van der Waals surface area contributed by atoms with Gasteiger partial charge in [-0.2, -0.15) is 4.98 Å². The SMILES string of the molecule is O=[N+]([O-])c1c(Nc2cc(Cl)ccc2Cl)ncnc1Oc1cccc2ccccc12. The molecule has 0 radical (unpaired) electrons. The summed E-state index contributed by atoms with van der Waals surface area (Å²) in [5.74, 6) is 0.183. The van der Waals surface area contributed by atoms with E-state index in [1.807, 2.05) is 30.3 Å². The van der Waals surface area contributed by atoms with Gasteiger partial charge in [-0.25, -0.2) is 4.98 Å². The van der Waals surface area contributed by atoms with Gasteiger partial charge in [0.05, 0.1) is 15.6 Å². The first-order valence-corrected chi connectivity index (χ1v) is 9.15. The van der Waals surface area contributed by atoms with Crippen molar-refractivity contribution in [2.75, 3.05) is 5.32 Å². The first-order valence-electron chi connectivity index (χ1n) is 8.40. The molecular weight excluding hydrogens is 415 g/mol. The lowest BCUT2D eigenvalue weighted by Gasteiger charge is -2.11. The molecular formula is C20H12Cl2N4O3. The smallest absolute Gasteiger partial charge is 0.373 e. The minimum atomic E-state index is -0.610. The summed E-state index contributed by atoms with van der Waals surface area (Å²) in [5, 5.41) is 17.1. The van der Waals surface area contributed by atoms with Crippen molar-refractivity contribution in [3.8, 4) is 11.6 Å². The highest BCUT2D eigenvalue weighted by molar-refractivity contribution is 6.35. The van der Waals surface area contributed by atoms with Crippen molar-refractivity contribution in [2.45, 2.75) is 0 Å². The molecule has 0 saturated carbocycles. The number of halogens is 2. The van der Waals surface area contributed by atoms with Crippen LogP contribution in [0.3, 0.4) is 0 Å². The summed E-state index contributed by atoms with van der Waals surface area (Å²) in [6, 6.07) is 17.7. The molecule has 144 valence electrons. The zero-order valence-electron chi connectivity index (χ0n) is 14.7. The average molecular weight is 427 g/mol. The molecule has 0 aliphatic rings. The number of hydrogen-bond acceptors (Lipinski definition) is 6. The van der Waals surface area contributed by atoms with E-state index in [1.165, 1.54) is 6.33 Å². The Hall–Kier alpha value is -3.42. The molecule has 4 rings (SSSR count). The van der Waals surface area contributed by atoms with Gasteiger partial charge in [-0.3, -0.25) is 10.1 Å². The van der Waals surface area contributed by atoms with Crippen LogP contribution in [-0.2, 0) is 0 Å². The molecule has 0 saturated heterocycles. The van der Waals surface area contributed by atoms with Gasteiger partial charge in [0.15, 0.2) is 0 Å². The van der Waals surface area contributed by atoms with E-state index in [0.29, 0.717) is 21.5 Å². The van der Waals surface area contributed by atoms with Crippen molar-refractivity contribution in [3.05, 3.63) is 87.2 Å². The second-order valence-corrected chi connectivity index (χ2v) is 6.81. The fourth-order valence-electron chi connectivity index (χ4n) is 2.80. The first-order chi connectivity index (χ1) is 14.0. The zero-order chi connectivity index (χ0) is 20.4. The quantitative estimate of drug-likeness (QED) is 0.294. The average Bonchev–Trinajstić information content (AvgIpc) is 2.71. The second kappa shape index (κ2) is 7.90. The summed E-state index contributed by atoms with van der Waals surface area (Å²) >= 11 is 12.1. The summed E-state index contributed by atoms with van der Waals surface area (Å²) in [6.07, 6.45) is 1.17. The molecule has 1 aromatic heterocycles. The molecule has 0 fully saturated rings. The largest absolute Gasteiger partial charge is 0.433 e. The van der Waals surface area contributed by atoms with Crippen molar-refractivity contribution >= 4 is 51.2 Å². The van der Waals surface area contributed by atoms with Crippen molar-refractivity contribution in [1.29, 1.82) is 0 Å². The summed E-state index contributed by atoms with van der Waals surface area (Å²) in [5.41, 5.74) is -0.0476. The van der Waals surface area contributed by atoms with Gasteiger partial charge < -0.3 is 10.1 Å². The minimum absolute atomic E-state index is 0.0654. The van der Waals surface area contributed by atoms with Crippen LogP contribution in [0.15, 0.2) is 67.0 Å². The fraction of sp³-hybridized carbons (Fsp3) is 0. The molecule has 1 N–H and O–H groups in total. The normalized spacial score (nSPS) is 10.7. The molecule has 4 aromatic rings. The van der Waals surface area contributed by atoms with Crippen LogP contribution < -0.4 is 10.1 Å². The summed E-state index contributed by atoms with van der Waals surface area (Å²) < 4.78 is 5.82. The van der Waals surface area contributed by atoms with Crippen LogP contribution in [0.4, 0.5) is 17.2 Å². The molecule has 0 bridgehead atoms. The van der Waals surface area contributed by atoms with Crippen LogP contribution in [0, 0.1) is 10.1 Å². The van der Waals surface area contributed by atoms with Crippen LogP contribution in [0.25, 0.3) is 10.8 Å². The predicted molar refractivity (Wildman–Crippen MR) is 112 cm³/mol. The molecule has 1 heterocycles. The van der Waals surface area contributed by atoms with Crippen molar-refractivity contribution in [3.63, 3.8) is 0 Å². The number of nitrogens with one attached hydrogen (secondary N) is 1. The van der Waals surface area contributed by atoms with Crippen LogP contribution in [-0.4, -0.2) is 14.9 Å². The molecule has 0 unspecified atom stereocenters. The highest BCUT2D eigenvalue weighted by Gasteiger charge is 2.26. The Morgan fingerprint density at radius 2 is 1.79 bits per heavy atom. The molecule has 0 aliphatic carbocycles. The maximum absolute atomic E-state index is 11.8. The van der Waals surface area contributed by atoms with Crippen molar-refractivity contribution in [1.82, 2.24) is 9.97 Å². The molecule has 3 aromatic carbocycles. The highest BCUT2D eigenvalue weighted by Crippen LogP contribution is 2.38. The molecule has 0 aliphatic heterocycles. The Bertz CT molecular complexity index is 1230. The molecule has 9 heteroatoms. The maximum Gasteiger partial charge on any atom is 0.373 e. The van der Waals surface area contributed by atoms with Gasteiger partial charge in [0.25, 0.3) is 0 Å². The van der Waals surface area contributed by atoms with E-state index in [0.717, 1.165) is 10.8 Å². The number of nitro groups is 1. The lowest BCUT2D eigenvalue weighted by Crippen LogP contribution is -2.04. The van der Waals surface area contributed by atoms with Gasteiger partial charge in [-0.1, -0.05) is 59.6 Å². The number of anilines is 2. The van der Waals surface area contributed by atoms with Gasteiger partial charge in [0.2, 0.25) is 5.82 Å². The van der Waals surface area contributed by atoms with Gasteiger partial charge in [-0.15, -0.1) is 0 Å². The minimum Gasteiger partial charge on any atom is -0.433 e. The number of aromatic nitrogens is 2. The van der Waals surface area contributed by atoms with Gasteiger partial charge >= 0.3 is 11.6 Å². The van der Waals surface area contributed by atoms with E-state index in [1.54, 1.807) is 30.3 Å². The number of benzene rings is 3. The van der Waals surface area contributed by atoms with Crippen LogP contribution in [0.2, 0.25) is 10.0 Å². The van der Waals surface area contributed by atoms with E-state index >= 15 is 0 Å². The van der Waals surface area contributed by atoms with Crippen molar-refractivity contribution in [2.24, 2.45) is 0 Å². The Kier molecular flexibility index (Phi) is 5.16. The van der Waals surface area contributed by atoms with Crippen LogP contribution in [0.1, 0.15) is 0 Å². The third-order valence-corrected chi connectivity index (χ3v) is 4.67. The lowest BCUT2D eigenvalue weighted by atomic mass is 10.1. The zero-order valence-corrected chi connectivity index (χ0v) is 16.2. The number of nitrogens with zero attached hydrogens (tertiary/aromatic N) is 3. The topological polar surface area (TPSA) is 90.2 Å². The molecule has 0 amide bonds. The third kappa shape index (κ3) is 3.91. The second-order valence-electron chi connectivity index (χ2n) is 5.96. The monoisotopic (exact) mass is 426 g/mol. The lowest BCUT2D eigenvalue weighted by molar-refractivity contribution is -0.385. The van der Waals surface area contributed by atoms with E-state index < -0.39 is 10.6 Å². The highest BCUT2D eigenvalue weighted by atomic mass is 35.5. The van der Waals surface area contributed by atoms with Gasteiger partial charge in [0.1, 0.15) is 12.1 Å². The number of rotatable bonds is 5. The van der Waals surface area contributed by atoms with Crippen LogP contribution in [0.5, 0.6) is 11.6 Å². The fourth-order valence-corrected chi connectivity index (χ4v) is 3.14. The number of ether oxygens (including phenoxy) is 1. The Morgan fingerprint density at radius 1 is 1.00 bits per heavy atom. The molecule has 0 atom stereocenters. The summed E-state index contributed by atoms with van der Waals surface area (Å²) in [6.45, 7) is 0. The summed E-state index contributed by atoms with van der Waals surface area (Å²) in [4.78, 5) is 19.1. The number of fused-ring (bicyclic) bond motifs is 1. The first kappa shape index (κ1) is 18.9. The Labute approximate surface area is 175 Å². The van der Waals surface area contributed by atoms with E-state index in [9.17, 15) is 10.1 Å². The third-order valence-electron chi connectivity index (χ3n) is 4.11. The molecule has 29 heavy (non-hydrogen) atoms. The van der Waals surface area contributed by atoms with Crippen molar-refractivity contribution < 1.29 is 9.66 Å². The van der Waals surface area contributed by atoms with E-state index in [-0.39, 0.29) is 11.7 Å². The Balaban J connectivity index is 1.77. The van der Waals surface area contributed by atoms with Crippen LogP contribution >= 0.6 is 23.2 Å². The van der Waals surface area contributed by atoms with Gasteiger partial charge in [-0.05, 0) is 29.7 Å². The summed E-state index contributed by atoms with van der Waals surface area (Å²) in [7, 11) is 0. The van der Waals surface area contributed by atoms with E-state index in [4.69, 9.17) is 27.9 Å². The van der Waals surface area contributed by atoms with Gasteiger partial charge in [0, 0.05) is 10.4 Å². The molecule has 0 spiro atoms. The standard InChI is InChI=1S/C20H12Cl2N4O3/c21-13-8-9-15(22)16(10-13)25-19-18(26(27)28)20(24-11-23-19)29-17-7-3-5-12-4-1-2-6-14(12)17/h1-11H,(H,23,24,25). The van der Waals surface area contributed by atoms with E-state index in [2.05, 4.69) is 15.3 Å².